The zero-order valence-electron chi connectivity index (χ0n) is 28.9. The van der Waals surface area contributed by atoms with Gasteiger partial charge in [0.25, 0.3) is 5.69 Å². The topological polar surface area (TPSA) is 166 Å². The number of fused-ring (bicyclic) bond motifs is 2. The fraction of sp³-hybridized carbons (Fsp3) is 0.400. The van der Waals surface area contributed by atoms with Gasteiger partial charge in [0.15, 0.2) is 8.32 Å². The lowest BCUT2D eigenvalue weighted by Crippen LogP contribution is -2.63. The van der Waals surface area contributed by atoms with Gasteiger partial charge in [0.2, 0.25) is 11.7 Å². The summed E-state index contributed by atoms with van der Waals surface area (Å²) in [5.41, 5.74) is 2.47. The van der Waals surface area contributed by atoms with Gasteiger partial charge < -0.3 is 19.2 Å². The Bertz CT molecular complexity index is 2050. The summed E-state index contributed by atoms with van der Waals surface area (Å²) in [5, 5.41) is 21.5. The van der Waals surface area contributed by atoms with Crippen LogP contribution in [0.2, 0.25) is 18.1 Å². The van der Waals surface area contributed by atoms with Crippen molar-refractivity contribution in [3.63, 3.8) is 0 Å². The minimum Gasteiger partial charge on any atom is -0.456 e. The van der Waals surface area contributed by atoms with Crippen molar-refractivity contribution < 1.29 is 33.6 Å². The Kier molecular flexibility index (Phi) is 9.13. The first-order valence-electron chi connectivity index (χ1n) is 16.3. The molecule has 0 saturated carbocycles. The number of hydrogen-bond acceptors (Lipinski definition) is 11. The van der Waals surface area contributed by atoms with Gasteiger partial charge in [0.1, 0.15) is 29.2 Å². The second-order valence-electron chi connectivity index (χ2n) is 14.4. The summed E-state index contributed by atoms with van der Waals surface area (Å²) in [6.45, 7) is 14.4. The summed E-state index contributed by atoms with van der Waals surface area (Å²) in [7, 11) is -2.03. The highest BCUT2D eigenvalue weighted by Crippen LogP contribution is 2.52. The van der Waals surface area contributed by atoms with Crippen molar-refractivity contribution in [3.05, 3.63) is 98.3 Å². The zero-order valence-corrected chi connectivity index (χ0v) is 30.7. The molecule has 2 aliphatic rings. The number of carbonyl (C=O) groups is 3. The van der Waals surface area contributed by atoms with Crippen LogP contribution in [0.4, 0.5) is 5.69 Å². The summed E-state index contributed by atoms with van der Waals surface area (Å²) in [5.74, 6) is -2.45. The van der Waals surface area contributed by atoms with E-state index in [9.17, 15) is 29.6 Å². The fourth-order valence-electron chi connectivity index (χ4n) is 6.20. The Hall–Kier alpha value is -4.57. The van der Waals surface area contributed by atoms with Crippen molar-refractivity contribution in [1.82, 2.24) is 19.3 Å². The normalized spacial score (nSPS) is 19.8. The number of ketones is 1. The standard InChI is InChI=1S/C35H39N5O8SSi/c1-19-26(30(39-29(19)27(20(2)41)32(39)43)34(44)47-16-21-8-10-24(11-9-21)40(45)46)25-15-38-18-37-28(33(38)49-25)31(42)23-12-22(13-36-14-23)17-48-50(6,7)35(3,4)5/h8-15,18-20,27,29,41H,16-17H2,1-7H3/t19-,20+,27+,29+/m0/s1. The summed E-state index contributed by atoms with van der Waals surface area (Å²) < 4.78 is 13.7. The van der Waals surface area contributed by atoms with Crippen LogP contribution >= 0.6 is 11.3 Å². The van der Waals surface area contributed by atoms with E-state index in [0.29, 0.717) is 33.0 Å². The van der Waals surface area contributed by atoms with Crippen LogP contribution in [0.3, 0.4) is 0 Å². The molecule has 3 aromatic heterocycles. The average molecular weight is 718 g/mol. The van der Waals surface area contributed by atoms with Crippen molar-refractivity contribution >= 4 is 53.4 Å². The molecule has 4 atom stereocenters. The molecule has 5 heterocycles. The number of aliphatic hydroxyl groups excluding tert-OH is 1. The highest BCUT2D eigenvalue weighted by molar-refractivity contribution is 7.18. The molecule has 1 saturated heterocycles. The molecule has 6 rings (SSSR count). The number of nitrogens with zero attached hydrogens (tertiary/aromatic N) is 5. The molecule has 2 aliphatic heterocycles. The molecule has 0 bridgehead atoms. The number of non-ortho nitro benzene ring substituents is 1. The van der Waals surface area contributed by atoms with Crippen LogP contribution in [-0.2, 0) is 32.0 Å². The predicted molar refractivity (Wildman–Crippen MR) is 188 cm³/mol. The molecular weight excluding hydrogens is 679 g/mol. The molecule has 1 N–H and O–H groups in total. The number of nitro benzene ring substituents is 1. The Labute approximate surface area is 293 Å². The lowest BCUT2D eigenvalue weighted by Gasteiger charge is -2.46. The SMILES string of the molecule is C[C@@H](O)[C@H]1C(=O)N2C(C(=O)OCc3ccc([N+](=O)[O-])cc3)=C(c3cn4cnc(C(=O)c5cncc(CO[Si](C)(C)C(C)(C)C)c5)c4s3)[C@H](C)[C@H]12. The monoisotopic (exact) mass is 717 g/mol. The number of β-lactam (4-membered cyclic amide) rings is 1. The summed E-state index contributed by atoms with van der Waals surface area (Å²) in [6, 6.07) is 6.96. The van der Waals surface area contributed by atoms with Gasteiger partial charge in [-0.3, -0.25) is 29.1 Å². The first-order valence-corrected chi connectivity index (χ1v) is 20.0. The number of rotatable bonds is 11. The highest BCUT2D eigenvalue weighted by Gasteiger charge is 2.60. The smallest absolute Gasteiger partial charge is 0.355 e. The minimum absolute atomic E-state index is 0.0316. The predicted octanol–water partition coefficient (Wildman–Crippen LogP) is 5.76. The first-order chi connectivity index (χ1) is 23.5. The largest absolute Gasteiger partial charge is 0.456 e. The summed E-state index contributed by atoms with van der Waals surface area (Å²) in [4.78, 5) is 62.7. The Morgan fingerprint density at radius 3 is 2.48 bits per heavy atom. The van der Waals surface area contributed by atoms with Crippen molar-refractivity contribution in [2.75, 3.05) is 0 Å². The van der Waals surface area contributed by atoms with E-state index in [0.717, 1.165) is 5.56 Å². The second kappa shape index (κ2) is 13.0. The number of esters is 1. The Morgan fingerprint density at radius 1 is 1.14 bits per heavy atom. The van der Waals surface area contributed by atoms with E-state index >= 15 is 0 Å². The van der Waals surface area contributed by atoms with E-state index in [2.05, 4.69) is 43.8 Å². The van der Waals surface area contributed by atoms with Crippen molar-refractivity contribution in [1.29, 1.82) is 0 Å². The van der Waals surface area contributed by atoms with Gasteiger partial charge in [-0.05, 0) is 54.4 Å². The van der Waals surface area contributed by atoms with Crippen LogP contribution in [0.1, 0.15) is 66.7 Å². The van der Waals surface area contributed by atoms with E-state index in [1.54, 1.807) is 29.8 Å². The fourth-order valence-corrected chi connectivity index (χ4v) is 8.38. The minimum atomic E-state index is -2.03. The molecule has 0 spiro atoms. The van der Waals surface area contributed by atoms with Gasteiger partial charge in [-0.2, -0.15) is 0 Å². The molecule has 50 heavy (non-hydrogen) atoms. The van der Waals surface area contributed by atoms with Crippen LogP contribution in [-0.4, -0.2) is 67.4 Å². The van der Waals surface area contributed by atoms with Crippen LogP contribution < -0.4 is 0 Å². The van der Waals surface area contributed by atoms with Crippen LogP contribution in [0, 0.1) is 22.0 Å². The molecule has 0 radical (unpaired) electrons. The number of ether oxygens (including phenoxy) is 1. The third-order valence-corrected chi connectivity index (χ3v) is 15.7. The van der Waals surface area contributed by atoms with E-state index in [1.165, 1.54) is 53.0 Å². The maximum atomic E-state index is 13.8. The highest BCUT2D eigenvalue weighted by atomic mass is 32.1. The number of nitro groups is 1. The third-order valence-electron chi connectivity index (χ3n) is 10.0. The molecule has 1 amide bonds. The van der Waals surface area contributed by atoms with E-state index in [-0.39, 0.29) is 46.3 Å². The summed E-state index contributed by atoms with van der Waals surface area (Å²) >= 11 is 1.27. The molecule has 13 nitrogen and oxygen atoms in total. The molecular formula is C35H39N5O8SSi. The van der Waals surface area contributed by atoms with Gasteiger partial charge in [-0.25, -0.2) is 9.78 Å². The Morgan fingerprint density at radius 2 is 1.84 bits per heavy atom. The van der Waals surface area contributed by atoms with Crippen LogP contribution in [0.15, 0.2) is 60.9 Å². The van der Waals surface area contributed by atoms with Gasteiger partial charge in [0.05, 0.1) is 34.5 Å². The number of pyridine rings is 1. The number of carbonyl (C=O) groups excluding carboxylic acids is 3. The molecule has 0 unspecified atom stereocenters. The molecule has 15 heteroatoms. The summed E-state index contributed by atoms with van der Waals surface area (Å²) in [6.07, 6.45) is 5.58. The molecule has 1 fully saturated rings. The Balaban J connectivity index is 1.30. The van der Waals surface area contributed by atoms with Crippen LogP contribution in [0.25, 0.3) is 10.4 Å². The number of imidazole rings is 1. The van der Waals surface area contributed by atoms with Crippen molar-refractivity contribution in [3.8, 4) is 0 Å². The van der Waals surface area contributed by atoms with Crippen molar-refractivity contribution in [2.24, 2.45) is 11.8 Å². The molecule has 262 valence electrons. The van der Waals surface area contributed by atoms with Crippen molar-refractivity contribution in [2.45, 2.75) is 78.1 Å². The van der Waals surface area contributed by atoms with E-state index in [1.807, 2.05) is 6.92 Å². The van der Waals surface area contributed by atoms with E-state index in [4.69, 9.17) is 9.16 Å². The van der Waals surface area contributed by atoms with Crippen LogP contribution in [0.5, 0.6) is 0 Å². The number of amides is 1. The molecule has 4 aromatic rings. The number of aromatic nitrogens is 3. The van der Waals surface area contributed by atoms with Gasteiger partial charge in [-0.1, -0.05) is 27.7 Å². The van der Waals surface area contributed by atoms with E-state index < -0.39 is 37.3 Å². The van der Waals surface area contributed by atoms with Gasteiger partial charge >= 0.3 is 5.97 Å². The zero-order chi connectivity index (χ0) is 36.3. The number of thiazole rings is 1. The van der Waals surface area contributed by atoms with Gasteiger partial charge in [-0.15, -0.1) is 11.3 Å². The van der Waals surface area contributed by atoms with Gasteiger partial charge in [0, 0.05) is 47.8 Å². The molecule has 1 aromatic carbocycles. The first kappa shape index (κ1) is 35.3. The quantitative estimate of drug-likeness (QED) is 0.0503. The lowest BCUT2D eigenvalue weighted by molar-refractivity contribution is -0.384. The third kappa shape index (κ3) is 6.18. The molecule has 0 aliphatic carbocycles. The number of hydrogen-bond donors (Lipinski definition) is 1. The maximum Gasteiger partial charge on any atom is 0.355 e. The second-order valence-corrected chi connectivity index (χ2v) is 20.2. The number of benzene rings is 1. The average Bonchev–Trinajstić information content (AvgIpc) is 3.71. The lowest BCUT2D eigenvalue weighted by atomic mass is 9.77. The maximum absolute atomic E-state index is 13.8. The number of aliphatic hydroxyl groups is 1.